The van der Waals surface area contributed by atoms with Crippen LogP contribution in [0.3, 0.4) is 0 Å². The zero-order chi connectivity index (χ0) is 13.4. The van der Waals surface area contributed by atoms with Gasteiger partial charge in [-0.05, 0) is 25.4 Å². The molecule has 0 aromatic carbocycles. The molecule has 0 aliphatic carbocycles. The molecular weight excluding hydrogens is 246 g/mol. The van der Waals surface area contributed by atoms with Crippen LogP contribution in [0.4, 0.5) is 4.79 Å². The number of nitrogens with one attached hydrogen (secondary N) is 2. The number of thioether (sulfide) groups is 1. The highest BCUT2D eigenvalue weighted by atomic mass is 32.2. The number of urea groups is 1. The van der Waals surface area contributed by atoms with Gasteiger partial charge in [-0.2, -0.15) is 11.8 Å². The zero-order valence-corrected chi connectivity index (χ0v) is 10.5. The number of hydrogen-bond acceptors (Lipinski definition) is 4. The first-order chi connectivity index (χ1) is 7.88. The lowest BCUT2D eigenvalue weighted by molar-refractivity contribution is -0.141. The maximum absolute atomic E-state index is 11.6. The Kier molecular flexibility index (Phi) is 7.11. The minimum absolute atomic E-state index is 0.391. The quantitative estimate of drug-likeness (QED) is 0.487. The average molecular weight is 263 g/mol. The maximum atomic E-state index is 11.6. The molecule has 17 heavy (non-hydrogen) atoms. The van der Waals surface area contributed by atoms with Gasteiger partial charge in [0.05, 0.1) is 0 Å². The summed E-state index contributed by atoms with van der Waals surface area (Å²) >= 11 is 1.51. The fourth-order valence-corrected chi connectivity index (χ4v) is 1.52. The van der Waals surface area contributed by atoms with Gasteiger partial charge in [0.25, 0.3) is 0 Å². The number of nitrogens with two attached hydrogens (primary N) is 1. The lowest BCUT2D eigenvalue weighted by Crippen LogP contribution is -2.52. The lowest BCUT2D eigenvalue weighted by atomic mass is 10.2. The average Bonchev–Trinajstić information content (AvgIpc) is 2.23. The van der Waals surface area contributed by atoms with Crippen molar-refractivity contribution in [3.8, 4) is 0 Å². The van der Waals surface area contributed by atoms with E-state index in [1.807, 2.05) is 6.26 Å². The molecule has 8 heteroatoms. The summed E-state index contributed by atoms with van der Waals surface area (Å²) in [5, 5.41) is 13.2. The summed E-state index contributed by atoms with van der Waals surface area (Å²) in [6, 6.07) is -2.62. The Morgan fingerprint density at radius 1 is 1.35 bits per heavy atom. The van der Waals surface area contributed by atoms with Gasteiger partial charge in [-0.1, -0.05) is 0 Å². The second kappa shape index (κ2) is 7.77. The van der Waals surface area contributed by atoms with E-state index in [0.717, 1.165) is 0 Å². The van der Waals surface area contributed by atoms with E-state index in [1.165, 1.54) is 18.7 Å². The van der Waals surface area contributed by atoms with Crippen LogP contribution in [0, 0.1) is 0 Å². The van der Waals surface area contributed by atoms with Gasteiger partial charge in [0.15, 0.2) is 0 Å². The van der Waals surface area contributed by atoms with Gasteiger partial charge in [0, 0.05) is 0 Å². The van der Waals surface area contributed by atoms with E-state index in [4.69, 9.17) is 10.8 Å². The Balaban J connectivity index is 4.40. The molecule has 0 saturated heterocycles. The number of hydrogen-bond donors (Lipinski definition) is 4. The summed E-state index contributed by atoms with van der Waals surface area (Å²) in [5.74, 6) is -1.03. The summed E-state index contributed by atoms with van der Waals surface area (Å²) in [6.07, 6.45) is 2.25. The predicted molar refractivity (Wildman–Crippen MR) is 64.7 cm³/mol. The molecule has 3 amide bonds. The third kappa shape index (κ3) is 6.67. The summed E-state index contributed by atoms with van der Waals surface area (Å²) in [6.45, 7) is 1.34. The van der Waals surface area contributed by atoms with Gasteiger partial charge < -0.3 is 21.5 Å². The highest BCUT2D eigenvalue weighted by Crippen LogP contribution is 2.01. The first-order valence-corrected chi connectivity index (χ1v) is 6.36. The van der Waals surface area contributed by atoms with Gasteiger partial charge in [-0.25, -0.2) is 4.79 Å². The second-order valence-electron chi connectivity index (χ2n) is 3.41. The third-order valence-electron chi connectivity index (χ3n) is 1.97. The van der Waals surface area contributed by atoms with Gasteiger partial charge in [-0.15, -0.1) is 0 Å². The minimum Gasteiger partial charge on any atom is -0.480 e. The standard InChI is InChI=1S/C9H17N3O4S/c1-5(8(14)15)11-7(13)6(3-4-17-2)12-9(10)16/h5-6H,3-4H2,1-2H3,(H,11,13)(H,14,15)(H3,10,12,16)/t5-,6?/m1/s1. The number of amides is 3. The second-order valence-corrected chi connectivity index (χ2v) is 4.40. The van der Waals surface area contributed by atoms with Crippen molar-refractivity contribution < 1.29 is 19.5 Å². The van der Waals surface area contributed by atoms with Crippen molar-refractivity contribution >= 4 is 29.7 Å². The SMILES string of the molecule is CSCCC(NC(N)=O)C(=O)N[C@H](C)C(=O)O. The number of rotatable bonds is 7. The molecule has 5 N–H and O–H groups in total. The molecule has 0 rings (SSSR count). The lowest BCUT2D eigenvalue weighted by Gasteiger charge is -2.18. The van der Waals surface area contributed by atoms with Crippen molar-refractivity contribution in [1.29, 1.82) is 0 Å². The summed E-state index contributed by atoms with van der Waals surface area (Å²) in [7, 11) is 0. The Labute approximate surface area is 104 Å². The van der Waals surface area contributed by atoms with Crippen molar-refractivity contribution in [3.63, 3.8) is 0 Å². The minimum atomic E-state index is -1.14. The molecule has 0 spiro atoms. The van der Waals surface area contributed by atoms with E-state index in [-0.39, 0.29) is 0 Å². The highest BCUT2D eigenvalue weighted by Gasteiger charge is 2.22. The highest BCUT2D eigenvalue weighted by molar-refractivity contribution is 7.98. The molecular formula is C9H17N3O4S. The molecule has 0 aliphatic rings. The van der Waals surface area contributed by atoms with Gasteiger partial charge in [0.1, 0.15) is 12.1 Å². The summed E-state index contributed by atoms with van der Waals surface area (Å²) in [4.78, 5) is 32.9. The van der Waals surface area contributed by atoms with E-state index in [2.05, 4.69) is 10.6 Å². The van der Waals surface area contributed by atoms with Crippen LogP contribution in [-0.4, -0.2) is 47.1 Å². The van der Waals surface area contributed by atoms with Crippen molar-refractivity contribution in [3.05, 3.63) is 0 Å². The van der Waals surface area contributed by atoms with Crippen LogP contribution in [0.15, 0.2) is 0 Å². The van der Waals surface area contributed by atoms with Gasteiger partial charge in [0.2, 0.25) is 5.91 Å². The van der Waals surface area contributed by atoms with E-state index in [1.54, 1.807) is 0 Å². The number of primary amides is 1. The van der Waals surface area contributed by atoms with E-state index in [9.17, 15) is 14.4 Å². The fourth-order valence-electron chi connectivity index (χ4n) is 1.05. The Hall–Kier alpha value is -1.44. The van der Waals surface area contributed by atoms with Crippen molar-refractivity contribution in [1.82, 2.24) is 10.6 Å². The molecule has 0 saturated carbocycles. The molecule has 0 aromatic heterocycles. The molecule has 7 nitrogen and oxygen atoms in total. The Morgan fingerprint density at radius 2 is 1.94 bits per heavy atom. The topological polar surface area (TPSA) is 122 Å². The van der Waals surface area contributed by atoms with Crippen LogP contribution in [0.1, 0.15) is 13.3 Å². The number of aliphatic carboxylic acids is 1. The van der Waals surface area contributed by atoms with Gasteiger partial charge >= 0.3 is 12.0 Å². The van der Waals surface area contributed by atoms with Crippen LogP contribution < -0.4 is 16.4 Å². The number of carboxylic acid groups (broad SMARTS) is 1. The van der Waals surface area contributed by atoms with Crippen molar-refractivity contribution in [2.45, 2.75) is 25.4 Å². The van der Waals surface area contributed by atoms with E-state index in [0.29, 0.717) is 12.2 Å². The smallest absolute Gasteiger partial charge is 0.325 e. The largest absolute Gasteiger partial charge is 0.480 e. The normalized spacial score (nSPS) is 13.5. The molecule has 0 fully saturated rings. The number of carboxylic acids is 1. The molecule has 0 aliphatic heterocycles. The first-order valence-electron chi connectivity index (χ1n) is 4.96. The first kappa shape index (κ1) is 15.6. The molecule has 2 atom stereocenters. The third-order valence-corrected chi connectivity index (χ3v) is 2.62. The zero-order valence-electron chi connectivity index (χ0n) is 9.73. The number of carbonyl (C=O) groups is 3. The van der Waals surface area contributed by atoms with Crippen LogP contribution in [-0.2, 0) is 9.59 Å². The summed E-state index contributed by atoms with van der Waals surface area (Å²) < 4.78 is 0. The van der Waals surface area contributed by atoms with Crippen molar-refractivity contribution in [2.24, 2.45) is 5.73 Å². The Bertz CT molecular complexity index is 298. The molecule has 0 bridgehead atoms. The maximum Gasteiger partial charge on any atom is 0.325 e. The van der Waals surface area contributed by atoms with E-state index >= 15 is 0 Å². The van der Waals surface area contributed by atoms with Crippen LogP contribution >= 0.6 is 11.8 Å². The van der Waals surface area contributed by atoms with Crippen LogP contribution in [0.25, 0.3) is 0 Å². The summed E-state index contributed by atoms with van der Waals surface area (Å²) in [5.41, 5.74) is 4.94. The number of carbonyl (C=O) groups excluding carboxylic acids is 2. The Morgan fingerprint density at radius 3 is 2.35 bits per heavy atom. The molecule has 0 radical (unpaired) electrons. The van der Waals surface area contributed by atoms with Crippen LogP contribution in [0.2, 0.25) is 0 Å². The monoisotopic (exact) mass is 263 g/mol. The molecule has 98 valence electrons. The van der Waals surface area contributed by atoms with Crippen LogP contribution in [0.5, 0.6) is 0 Å². The van der Waals surface area contributed by atoms with E-state index < -0.39 is 30.0 Å². The molecule has 1 unspecified atom stereocenters. The van der Waals surface area contributed by atoms with Crippen molar-refractivity contribution in [2.75, 3.05) is 12.0 Å². The predicted octanol–water partition coefficient (Wildman–Crippen LogP) is -0.634. The molecule has 0 aromatic rings. The van der Waals surface area contributed by atoms with Gasteiger partial charge in [-0.3, -0.25) is 9.59 Å². The molecule has 0 heterocycles. The fraction of sp³-hybridized carbons (Fsp3) is 0.667.